The van der Waals surface area contributed by atoms with Crippen LogP contribution in [0.3, 0.4) is 0 Å². The van der Waals surface area contributed by atoms with Gasteiger partial charge in [-0.25, -0.2) is 0 Å². The van der Waals surface area contributed by atoms with Gasteiger partial charge in [0, 0.05) is 0 Å². The van der Waals surface area contributed by atoms with E-state index in [1.165, 1.54) is 19.3 Å². The highest BCUT2D eigenvalue weighted by Crippen LogP contribution is 2.31. The first-order valence-electron chi connectivity index (χ1n) is 9.21. The summed E-state index contributed by atoms with van der Waals surface area (Å²) >= 11 is 0. The summed E-state index contributed by atoms with van der Waals surface area (Å²) < 4.78 is 5.31. The number of carboxylic acids is 1. The summed E-state index contributed by atoms with van der Waals surface area (Å²) in [6, 6.07) is 0. The minimum absolute atomic E-state index is 0.304. The van der Waals surface area contributed by atoms with E-state index in [9.17, 15) is 14.7 Å². The lowest BCUT2D eigenvalue weighted by Crippen LogP contribution is -2.33. The van der Waals surface area contributed by atoms with E-state index in [4.69, 9.17) is 4.74 Å². The second-order valence-corrected chi connectivity index (χ2v) is 6.44. The van der Waals surface area contributed by atoms with Crippen LogP contribution in [-0.4, -0.2) is 23.7 Å². The van der Waals surface area contributed by atoms with E-state index >= 15 is 0 Å². The Balaban J connectivity index is 2.07. The summed E-state index contributed by atoms with van der Waals surface area (Å²) in [6.07, 6.45) is 15.3. The van der Waals surface area contributed by atoms with E-state index in [0.29, 0.717) is 19.4 Å². The van der Waals surface area contributed by atoms with Gasteiger partial charge in [0.05, 0.1) is 18.4 Å². The number of ether oxygens (including phenoxy) is 1. The van der Waals surface area contributed by atoms with Gasteiger partial charge in [-0.1, -0.05) is 51.2 Å². The van der Waals surface area contributed by atoms with Gasteiger partial charge in [0.2, 0.25) is 0 Å². The van der Waals surface area contributed by atoms with Crippen molar-refractivity contribution >= 4 is 11.9 Å². The molecule has 1 aliphatic rings. The molecule has 0 aromatic heterocycles. The Kier molecular flexibility index (Phi) is 10.4. The molecule has 0 heterocycles. The predicted octanol–water partition coefficient (Wildman–Crippen LogP) is 4.73. The van der Waals surface area contributed by atoms with E-state index in [1.54, 1.807) is 0 Å². The van der Waals surface area contributed by atoms with Gasteiger partial charge < -0.3 is 9.84 Å². The zero-order valence-electron chi connectivity index (χ0n) is 14.5. The lowest BCUT2D eigenvalue weighted by atomic mass is 9.79. The molecular formula is C19H32O4. The number of carbonyl (C=O) groups excluding carboxylic acids is 1. The van der Waals surface area contributed by atoms with Gasteiger partial charge in [-0.3, -0.25) is 9.59 Å². The molecule has 2 unspecified atom stereocenters. The van der Waals surface area contributed by atoms with E-state index in [-0.39, 0.29) is 5.97 Å². The molecule has 132 valence electrons. The number of esters is 1. The minimum Gasteiger partial charge on any atom is -0.481 e. The van der Waals surface area contributed by atoms with Crippen molar-refractivity contribution in [2.75, 3.05) is 6.61 Å². The molecule has 0 saturated heterocycles. The van der Waals surface area contributed by atoms with E-state index in [2.05, 4.69) is 19.1 Å². The van der Waals surface area contributed by atoms with Crippen LogP contribution in [0, 0.1) is 11.8 Å². The Morgan fingerprint density at radius 3 is 2.35 bits per heavy atom. The zero-order chi connectivity index (χ0) is 16.9. The molecule has 1 rings (SSSR count). The van der Waals surface area contributed by atoms with Crippen molar-refractivity contribution in [3.63, 3.8) is 0 Å². The molecule has 0 aliphatic heterocycles. The van der Waals surface area contributed by atoms with Crippen LogP contribution in [0.25, 0.3) is 0 Å². The molecule has 4 nitrogen and oxygen atoms in total. The molecule has 1 fully saturated rings. The molecule has 0 amide bonds. The lowest BCUT2D eigenvalue weighted by molar-refractivity contribution is -0.159. The summed E-state index contributed by atoms with van der Waals surface area (Å²) in [4.78, 5) is 23.3. The van der Waals surface area contributed by atoms with Gasteiger partial charge in [0.25, 0.3) is 0 Å². The van der Waals surface area contributed by atoms with Gasteiger partial charge in [-0.15, -0.1) is 0 Å². The van der Waals surface area contributed by atoms with Crippen molar-refractivity contribution in [3.8, 4) is 0 Å². The summed E-state index contributed by atoms with van der Waals surface area (Å²) in [6.45, 7) is 2.57. The molecule has 1 N–H and O–H groups in total. The fourth-order valence-electron chi connectivity index (χ4n) is 3.17. The molecule has 23 heavy (non-hydrogen) atoms. The Morgan fingerprint density at radius 2 is 1.65 bits per heavy atom. The van der Waals surface area contributed by atoms with Crippen LogP contribution in [0.2, 0.25) is 0 Å². The fourth-order valence-corrected chi connectivity index (χ4v) is 3.17. The van der Waals surface area contributed by atoms with Crippen molar-refractivity contribution in [1.29, 1.82) is 0 Å². The van der Waals surface area contributed by atoms with Gasteiger partial charge in [-0.05, 0) is 38.5 Å². The molecule has 0 aromatic rings. The van der Waals surface area contributed by atoms with Crippen LogP contribution in [0.15, 0.2) is 12.2 Å². The maximum atomic E-state index is 12.1. The van der Waals surface area contributed by atoms with Crippen LogP contribution >= 0.6 is 0 Å². The first-order chi connectivity index (χ1) is 11.2. The topological polar surface area (TPSA) is 63.6 Å². The first-order valence-corrected chi connectivity index (χ1v) is 9.21. The number of unbranched alkanes of at least 4 members (excludes halogenated alkanes) is 5. The highest BCUT2D eigenvalue weighted by molar-refractivity contribution is 5.81. The summed E-state index contributed by atoms with van der Waals surface area (Å²) in [7, 11) is 0. The van der Waals surface area contributed by atoms with Crippen molar-refractivity contribution < 1.29 is 19.4 Å². The molecule has 2 atom stereocenters. The number of carbonyl (C=O) groups is 2. The second kappa shape index (κ2) is 12.1. The van der Waals surface area contributed by atoms with E-state index in [1.807, 2.05) is 0 Å². The highest BCUT2D eigenvalue weighted by Gasteiger charge is 2.36. The Morgan fingerprint density at radius 1 is 1.00 bits per heavy atom. The Hall–Kier alpha value is -1.32. The highest BCUT2D eigenvalue weighted by atomic mass is 16.5. The van der Waals surface area contributed by atoms with Crippen LogP contribution in [0.4, 0.5) is 0 Å². The lowest BCUT2D eigenvalue weighted by Gasteiger charge is -2.26. The SMILES string of the molecule is CC/C=C/CCCCCCCOC(=O)C1CCCCC1C(=O)O. The molecule has 0 spiro atoms. The fraction of sp³-hybridized carbons (Fsp3) is 0.789. The van der Waals surface area contributed by atoms with Crippen LogP contribution in [-0.2, 0) is 14.3 Å². The van der Waals surface area contributed by atoms with Crippen molar-refractivity contribution in [2.45, 2.75) is 77.6 Å². The molecule has 0 bridgehead atoms. The number of carboxylic acid groups (broad SMARTS) is 1. The molecule has 4 heteroatoms. The quantitative estimate of drug-likeness (QED) is 0.339. The number of allylic oxidation sites excluding steroid dienone is 2. The van der Waals surface area contributed by atoms with Gasteiger partial charge >= 0.3 is 11.9 Å². The molecular weight excluding hydrogens is 292 g/mol. The standard InChI is InChI=1S/C19H32O4/c1-2-3-4-5-6-7-8-9-12-15-23-19(22)17-14-11-10-13-16(17)18(20)21/h3-4,16-17H,2,5-15H2,1H3,(H,20,21)/b4-3+. The maximum absolute atomic E-state index is 12.1. The Bertz CT molecular complexity index is 376. The number of rotatable bonds is 11. The van der Waals surface area contributed by atoms with Gasteiger partial charge in [-0.2, -0.15) is 0 Å². The van der Waals surface area contributed by atoms with Crippen LogP contribution in [0.1, 0.15) is 77.6 Å². The van der Waals surface area contributed by atoms with Gasteiger partial charge in [0.15, 0.2) is 0 Å². The number of aliphatic carboxylic acids is 1. The van der Waals surface area contributed by atoms with Crippen molar-refractivity contribution in [3.05, 3.63) is 12.2 Å². The molecule has 0 radical (unpaired) electrons. The van der Waals surface area contributed by atoms with E-state index in [0.717, 1.165) is 38.5 Å². The van der Waals surface area contributed by atoms with Gasteiger partial charge in [0.1, 0.15) is 0 Å². The zero-order valence-corrected chi connectivity index (χ0v) is 14.5. The third-order valence-corrected chi connectivity index (χ3v) is 4.55. The van der Waals surface area contributed by atoms with Crippen molar-refractivity contribution in [1.82, 2.24) is 0 Å². The molecule has 1 aliphatic carbocycles. The normalized spacial score (nSPS) is 21.4. The average molecular weight is 324 g/mol. The molecule has 0 aromatic carbocycles. The third-order valence-electron chi connectivity index (χ3n) is 4.55. The first kappa shape index (κ1) is 19.7. The predicted molar refractivity (Wildman–Crippen MR) is 91.2 cm³/mol. The smallest absolute Gasteiger partial charge is 0.309 e. The number of hydrogen-bond donors (Lipinski definition) is 1. The average Bonchev–Trinajstić information content (AvgIpc) is 2.56. The van der Waals surface area contributed by atoms with E-state index < -0.39 is 17.8 Å². The largest absolute Gasteiger partial charge is 0.481 e. The Labute approximate surface area is 140 Å². The summed E-state index contributed by atoms with van der Waals surface area (Å²) in [5.41, 5.74) is 0. The summed E-state index contributed by atoms with van der Waals surface area (Å²) in [5.74, 6) is -2.15. The number of hydrogen-bond acceptors (Lipinski definition) is 3. The minimum atomic E-state index is -0.858. The van der Waals surface area contributed by atoms with Crippen molar-refractivity contribution in [2.24, 2.45) is 11.8 Å². The maximum Gasteiger partial charge on any atom is 0.309 e. The second-order valence-electron chi connectivity index (χ2n) is 6.44. The monoisotopic (exact) mass is 324 g/mol. The third kappa shape index (κ3) is 8.19. The van der Waals surface area contributed by atoms with Crippen LogP contribution < -0.4 is 0 Å². The van der Waals surface area contributed by atoms with Crippen LogP contribution in [0.5, 0.6) is 0 Å². The molecule has 1 saturated carbocycles. The summed E-state index contributed by atoms with van der Waals surface area (Å²) in [5, 5.41) is 9.19.